The van der Waals surface area contributed by atoms with E-state index in [2.05, 4.69) is 24.9 Å². The average Bonchev–Trinajstić information content (AvgIpc) is 2.06. The third-order valence-corrected chi connectivity index (χ3v) is 2.44. The maximum absolute atomic E-state index is 4.30. The van der Waals surface area contributed by atoms with Gasteiger partial charge in [-0.15, -0.1) is 11.8 Å². The summed E-state index contributed by atoms with van der Waals surface area (Å²) in [7, 11) is 0. The molecular weight excluding hydrogens is 154 g/mol. The molecule has 1 aromatic rings. The highest BCUT2D eigenvalue weighted by Gasteiger charge is 1.98. The van der Waals surface area contributed by atoms with Gasteiger partial charge in [-0.3, -0.25) is 0 Å². The van der Waals surface area contributed by atoms with Crippen molar-refractivity contribution in [3.8, 4) is 0 Å². The Balaban J connectivity index is 2.83. The molecule has 0 amide bonds. The molecule has 1 rings (SSSR count). The summed E-state index contributed by atoms with van der Waals surface area (Å²) in [4.78, 5) is 4.30. The van der Waals surface area contributed by atoms with Gasteiger partial charge in [0.25, 0.3) is 0 Å². The van der Waals surface area contributed by atoms with Gasteiger partial charge in [0.15, 0.2) is 0 Å². The van der Waals surface area contributed by atoms with Crippen molar-refractivity contribution in [1.29, 1.82) is 0 Å². The third-order valence-electron chi connectivity index (χ3n) is 1.51. The molecule has 1 nitrogen and oxygen atoms in total. The van der Waals surface area contributed by atoms with Crippen LogP contribution in [0.5, 0.6) is 0 Å². The molecule has 0 aromatic carbocycles. The predicted octanol–water partition coefficient (Wildman–Crippen LogP) is 2.76. The Bertz CT molecular complexity index is 223. The van der Waals surface area contributed by atoms with Crippen LogP contribution in [-0.4, -0.2) is 10.7 Å². The summed E-state index contributed by atoms with van der Waals surface area (Å²) in [6.07, 6.45) is 2.94. The first-order valence-electron chi connectivity index (χ1n) is 3.95. The molecule has 0 saturated heterocycles. The first-order valence-corrected chi connectivity index (χ1v) is 4.93. The molecule has 1 heterocycles. The summed E-state index contributed by atoms with van der Waals surface area (Å²) < 4.78 is 0. The summed E-state index contributed by atoms with van der Waals surface area (Å²) >= 11 is 1.82. The molecule has 1 aromatic heterocycles. The molecule has 2 heteroatoms. The number of aromatic nitrogens is 1. The van der Waals surface area contributed by atoms with Gasteiger partial charge in [0.1, 0.15) is 0 Å². The van der Waals surface area contributed by atoms with Gasteiger partial charge in [0.2, 0.25) is 0 Å². The van der Waals surface area contributed by atoms with Gasteiger partial charge in [0.05, 0.1) is 5.03 Å². The van der Waals surface area contributed by atoms with Crippen LogP contribution in [0.2, 0.25) is 0 Å². The fourth-order valence-corrected chi connectivity index (χ4v) is 1.77. The Hall–Kier alpha value is -0.500. The van der Waals surface area contributed by atoms with Gasteiger partial charge in [-0.2, -0.15) is 0 Å². The largest absolute Gasteiger partial charge is 0.250 e. The Labute approximate surface area is 72.2 Å². The van der Waals surface area contributed by atoms with E-state index in [1.54, 1.807) is 0 Å². The van der Waals surface area contributed by atoms with Crippen LogP contribution in [0.25, 0.3) is 0 Å². The molecule has 0 aliphatic heterocycles. The van der Waals surface area contributed by atoms with Gasteiger partial charge in [-0.1, -0.05) is 19.9 Å². The molecule has 0 radical (unpaired) electrons. The Morgan fingerprint density at radius 3 is 2.91 bits per heavy atom. The van der Waals surface area contributed by atoms with Crippen molar-refractivity contribution in [1.82, 2.24) is 4.98 Å². The zero-order valence-electron chi connectivity index (χ0n) is 7.00. The van der Waals surface area contributed by atoms with Crippen molar-refractivity contribution in [2.45, 2.75) is 25.3 Å². The quantitative estimate of drug-likeness (QED) is 0.642. The molecule has 0 aliphatic rings. The van der Waals surface area contributed by atoms with Crippen LogP contribution >= 0.6 is 11.8 Å². The number of rotatable bonds is 3. The topological polar surface area (TPSA) is 12.9 Å². The van der Waals surface area contributed by atoms with E-state index in [1.807, 2.05) is 24.0 Å². The van der Waals surface area contributed by atoms with E-state index in [9.17, 15) is 0 Å². The van der Waals surface area contributed by atoms with Crippen LogP contribution in [-0.2, 0) is 6.42 Å². The molecule has 0 spiro atoms. The van der Waals surface area contributed by atoms with E-state index in [0.717, 1.165) is 12.2 Å². The SMILES string of the molecule is CCSc1ncccc1CC. The van der Waals surface area contributed by atoms with Crippen LogP contribution in [0.4, 0.5) is 0 Å². The van der Waals surface area contributed by atoms with Crippen molar-refractivity contribution >= 4 is 11.8 Å². The van der Waals surface area contributed by atoms with Crippen LogP contribution in [0, 0.1) is 0 Å². The first kappa shape index (κ1) is 8.60. The van der Waals surface area contributed by atoms with E-state index >= 15 is 0 Å². The van der Waals surface area contributed by atoms with Crippen molar-refractivity contribution in [3.63, 3.8) is 0 Å². The highest BCUT2D eigenvalue weighted by molar-refractivity contribution is 7.99. The van der Waals surface area contributed by atoms with Crippen molar-refractivity contribution in [2.24, 2.45) is 0 Å². The molecule has 60 valence electrons. The van der Waals surface area contributed by atoms with Crippen molar-refractivity contribution in [2.75, 3.05) is 5.75 Å². The lowest BCUT2D eigenvalue weighted by atomic mass is 10.2. The van der Waals surface area contributed by atoms with Crippen LogP contribution in [0.1, 0.15) is 19.4 Å². The predicted molar refractivity (Wildman–Crippen MR) is 50.0 cm³/mol. The molecule has 0 fully saturated rings. The normalized spacial score (nSPS) is 10.0. The van der Waals surface area contributed by atoms with E-state index in [4.69, 9.17) is 0 Å². The minimum Gasteiger partial charge on any atom is -0.250 e. The van der Waals surface area contributed by atoms with Gasteiger partial charge in [-0.05, 0) is 23.8 Å². The smallest absolute Gasteiger partial charge is 0.0991 e. The zero-order valence-corrected chi connectivity index (χ0v) is 7.82. The standard InChI is InChI=1S/C9H13NS/c1-3-8-6-5-7-10-9(8)11-4-2/h5-7H,3-4H2,1-2H3. The monoisotopic (exact) mass is 167 g/mol. The first-order chi connectivity index (χ1) is 5.38. The second kappa shape index (κ2) is 4.39. The summed E-state index contributed by atoms with van der Waals surface area (Å²) in [6, 6.07) is 4.14. The molecule has 0 bridgehead atoms. The lowest BCUT2D eigenvalue weighted by Crippen LogP contribution is -1.88. The Kier molecular flexibility index (Phi) is 3.43. The minimum atomic E-state index is 1.08. The molecule has 0 unspecified atom stereocenters. The summed E-state index contributed by atoms with van der Waals surface area (Å²) in [5.74, 6) is 1.10. The maximum atomic E-state index is 4.30. The molecule has 0 aliphatic carbocycles. The fraction of sp³-hybridized carbons (Fsp3) is 0.444. The number of hydrogen-bond acceptors (Lipinski definition) is 2. The van der Waals surface area contributed by atoms with Crippen LogP contribution in [0.3, 0.4) is 0 Å². The average molecular weight is 167 g/mol. The van der Waals surface area contributed by atoms with E-state index in [1.165, 1.54) is 10.6 Å². The molecular formula is C9H13NS. The summed E-state index contributed by atoms with van der Waals surface area (Å²) in [6.45, 7) is 4.31. The minimum absolute atomic E-state index is 1.08. The highest BCUT2D eigenvalue weighted by atomic mass is 32.2. The lowest BCUT2D eigenvalue weighted by molar-refractivity contribution is 0.994. The Morgan fingerprint density at radius 1 is 1.45 bits per heavy atom. The number of nitrogens with zero attached hydrogens (tertiary/aromatic N) is 1. The second-order valence-corrected chi connectivity index (χ2v) is 3.51. The van der Waals surface area contributed by atoms with Crippen molar-refractivity contribution < 1.29 is 0 Å². The second-order valence-electron chi connectivity index (χ2n) is 2.25. The van der Waals surface area contributed by atoms with Crippen molar-refractivity contribution in [3.05, 3.63) is 23.9 Å². The summed E-state index contributed by atoms with van der Waals surface area (Å²) in [5, 5.41) is 1.19. The van der Waals surface area contributed by atoms with Gasteiger partial charge in [0, 0.05) is 6.20 Å². The van der Waals surface area contributed by atoms with Crippen LogP contribution in [0.15, 0.2) is 23.4 Å². The fourth-order valence-electron chi connectivity index (χ4n) is 0.960. The highest BCUT2D eigenvalue weighted by Crippen LogP contribution is 2.19. The number of thioether (sulfide) groups is 1. The van der Waals surface area contributed by atoms with E-state index in [0.29, 0.717) is 0 Å². The number of aryl methyl sites for hydroxylation is 1. The zero-order chi connectivity index (χ0) is 8.10. The number of pyridine rings is 1. The van der Waals surface area contributed by atoms with E-state index < -0.39 is 0 Å². The summed E-state index contributed by atoms with van der Waals surface area (Å²) in [5.41, 5.74) is 1.36. The Morgan fingerprint density at radius 2 is 2.27 bits per heavy atom. The third kappa shape index (κ3) is 2.22. The van der Waals surface area contributed by atoms with Gasteiger partial charge < -0.3 is 0 Å². The van der Waals surface area contributed by atoms with Gasteiger partial charge >= 0.3 is 0 Å². The molecule has 11 heavy (non-hydrogen) atoms. The lowest BCUT2D eigenvalue weighted by Gasteiger charge is -2.02. The van der Waals surface area contributed by atoms with Crippen LogP contribution < -0.4 is 0 Å². The van der Waals surface area contributed by atoms with E-state index in [-0.39, 0.29) is 0 Å². The maximum Gasteiger partial charge on any atom is 0.0991 e. The van der Waals surface area contributed by atoms with Gasteiger partial charge in [-0.25, -0.2) is 4.98 Å². The molecule has 0 N–H and O–H groups in total. The molecule has 0 atom stereocenters. The number of hydrogen-bond donors (Lipinski definition) is 0. The molecule has 0 saturated carbocycles.